The number of benzene rings is 2. The summed E-state index contributed by atoms with van der Waals surface area (Å²) in [6, 6.07) is 12.7. The van der Waals surface area contributed by atoms with Crippen LogP contribution in [0.1, 0.15) is 55.2 Å². The molecule has 2 rings (SSSR count). The Balaban J connectivity index is 2.06. The Morgan fingerprint density at radius 1 is 0.875 bits per heavy atom. The van der Waals surface area contributed by atoms with Crippen molar-refractivity contribution in [2.45, 2.75) is 58.8 Å². The molecule has 0 saturated carbocycles. The first-order valence-corrected chi connectivity index (χ1v) is 9.47. The minimum absolute atomic E-state index is 0.325. The second kappa shape index (κ2) is 9.86. The summed E-state index contributed by atoms with van der Waals surface area (Å²) in [7, 11) is 0. The molecule has 0 atom stereocenters. The van der Waals surface area contributed by atoms with Gasteiger partial charge in [0.1, 0.15) is 0 Å². The van der Waals surface area contributed by atoms with Crippen molar-refractivity contribution >= 4 is 11.6 Å². The maximum absolute atomic E-state index is 8.81. The molecule has 0 radical (unpaired) electrons. The van der Waals surface area contributed by atoms with Crippen molar-refractivity contribution in [2.75, 3.05) is 6.61 Å². The van der Waals surface area contributed by atoms with E-state index in [2.05, 4.69) is 38.1 Å². The lowest BCUT2D eigenvalue weighted by Gasteiger charge is -2.16. The lowest BCUT2D eigenvalue weighted by atomic mass is 9.89. The fraction of sp³-hybridized carbons (Fsp3) is 0.455. The van der Waals surface area contributed by atoms with Gasteiger partial charge in [-0.3, -0.25) is 0 Å². The van der Waals surface area contributed by atoms with E-state index < -0.39 is 0 Å². The van der Waals surface area contributed by atoms with Gasteiger partial charge in [0.25, 0.3) is 0 Å². The first kappa shape index (κ1) is 19.0. The van der Waals surface area contributed by atoms with E-state index >= 15 is 0 Å². The molecule has 130 valence electrons. The molecule has 2 aromatic carbocycles. The molecule has 0 aliphatic rings. The van der Waals surface area contributed by atoms with Gasteiger partial charge in [-0.1, -0.05) is 61.5 Å². The highest BCUT2D eigenvalue weighted by Crippen LogP contribution is 2.32. The van der Waals surface area contributed by atoms with E-state index in [1.807, 2.05) is 12.1 Å². The van der Waals surface area contributed by atoms with Crippen LogP contribution in [-0.4, -0.2) is 11.7 Å². The first-order chi connectivity index (χ1) is 11.6. The summed E-state index contributed by atoms with van der Waals surface area (Å²) >= 11 is 6.21. The topological polar surface area (TPSA) is 20.2 Å². The van der Waals surface area contributed by atoms with Gasteiger partial charge in [-0.2, -0.15) is 0 Å². The van der Waals surface area contributed by atoms with Crippen molar-refractivity contribution < 1.29 is 5.11 Å². The zero-order valence-corrected chi connectivity index (χ0v) is 15.7. The summed E-state index contributed by atoms with van der Waals surface area (Å²) in [6.45, 7) is 4.71. The van der Waals surface area contributed by atoms with Crippen LogP contribution in [0.5, 0.6) is 0 Å². The quantitative estimate of drug-likeness (QED) is 0.515. The molecule has 0 bridgehead atoms. The zero-order chi connectivity index (χ0) is 17.4. The molecule has 1 nitrogen and oxygen atoms in total. The summed E-state index contributed by atoms with van der Waals surface area (Å²) in [5, 5.41) is 9.61. The third-order valence-electron chi connectivity index (χ3n) is 4.79. The minimum Gasteiger partial charge on any atom is -0.396 e. The highest BCUT2D eigenvalue weighted by Gasteiger charge is 2.10. The molecular formula is C22H29ClO. The standard InChI is InChI=1S/C22H29ClO/c1-17-13-14-19(10-7-5-3-4-6-8-15-24)22(18(17)2)20-11-9-12-21(23)16-20/h9,11-14,16,24H,3-8,10,15H2,1-2H3. The second-order valence-corrected chi connectivity index (χ2v) is 7.08. The van der Waals surface area contributed by atoms with Gasteiger partial charge >= 0.3 is 0 Å². The Morgan fingerprint density at radius 3 is 2.29 bits per heavy atom. The van der Waals surface area contributed by atoms with Gasteiger partial charge in [-0.25, -0.2) is 0 Å². The average Bonchev–Trinajstić information content (AvgIpc) is 2.57. The van der Waals surface area contributed by atoms with E-state index in [9.17, 15) is 0 Å². The van der Waals surface area contributed by atoms with Crippen molar-refractivity contribution in [3.8, 4) is 11.1 Å². The SMILES string of the molecule is Cc1ccc(CCCCCCCCO)c(-c2cccc(Cl)c2)c1C. The number of aliphatic hydroxyl groups excluding tert-OH is 1. The third-order valence-corrected chi connectivity index (χ3v) is 5.02. The maximum atomic E-state index is 8.81. The Kier molecular flexibility index (Phi) is 7.81. The van der Waals surface area contributed by atoms with Gasteiger partial charge in [0.15, 0.2) is 0 Å². The minimum atomic E-state index is 0.325. The summed E-state index contributed by atoms with van der Waals surface area (Å²) in [5.74, 6) is 0. The molecule has 2 heteroatoms. The monoisotopic (exact) mass is 344 g/mol. The molecule has 0 unspecified atom stereocenters. The molecule has 0 heterocycles. The van der Waals surface area contributed by atoms with E-state index in [1.165, 1.54) is 53.5 Å². The van der Waals surface area contributed by atoms with E-state index in [-0.39, 0.29) is 0 Å². The highest BCUT2D eigenvalue weighted by atomic mass is 35.5. The van der Waals surface area contributed by atoms with Crippen LogP contribution in [0.3, 0.4) is 0 Å². The normalized spacial score (nSPS) is 11.0. The lowest BCUT2D eigenvalue weighted by Crippen LogP contribution is -1.96. The van der Waals surface area contributed by atoms with Crippen LogP contribution >= 0.6 is 11.6 Å². The highest BCUT2D eigenvalue weighted by molar-refractivity contribution is 6.30. The van der Waals surface area contributed by atoms with Gasteiger partial charge in [0, 0.05) is 11.6 Å². The zero-order valence-electron chi connectivity index (χ0n) is 14.9. The van der Waals surface area contributed by atoms with Gasteiger partial charge in [-0.15, -0.1) is 0 Å². The molecule has 0 spiro atoms. The van der Waals surface area contributed by atoms with Gasteiger partial charge in [0.05, 0.1) is 0 Å². The molecule has 24 heavy (non-hydrogen) atoms. The summed E-state index contributed by atoms with van der Waals surface area (Å²) in [5.41, 5.74) is 6.70. The van der Waals surface area contributed by atoms with Crippen LogP contribution in [-0.2, 0) is 6.42 Å². The average molecular weight is 345 g/mol. The summed E-state index contributed by atoms with van der Waals surface area (Å²) < 4.78 is 0. The van der Waals surface area contributed by atoms with Crippen LogP contribution < -0.4 is 0 Å². The molecule has 0 amide bonds. The Bertz CT molecular complexity index is 648. The number of hydrogen-bond acceptors (Lipinski definition) is 1. The number of unbranched alkanes of at least 4 members (excludes halogenated alkanes) is 5. The van der Waals surface area contributed by atoms with Crippen LogP contribution in [0, 0.1) is 13.8 Å². The summed E-state index contributed by atoms with van der Waals surface area (Å²) in [4.78, 5) is 0. The van der Waals surface area contributed by atoms with E-state index in [0.29, 0.717) is 6.61 Å². The lowest BCUT2D eigenvalue weighted by molar-refractivity contribution is 0.282. The van der Waals surface area contributed by atoms with Crippen molar-refractivity contribution in [3.05, 3.63) is 58.1 Å². The Morgan fingerprint density at radius 2 is 1.58 bits per heavy atom. The van der Waals surface area contributed by atoms with Crippen molar-refractivity contribution in [2.24, 2.45) is 0 Å². The van der Waals surface area contributed by atoms with Crippen LogP contribution in [0.2, 0.25) is 5.02 Å². The first-order valence-electron chi connectivity index (χ1n) is 9.09. The molecule has 0 aliphatic carbocycles. The molecule has 2 aromatic rings. The number of halogens is 1. The van der Waals surface area contributed by atoms with Gasteiger partial charge in [-0.05, 0) is 73.1 Å². The van der Waals surface area contributed by atoms with Crippen LogP contribution in [0.4, 0.5) is 0 Å². The van der Waals surface area contributed by atoms with E-state index in [4.69, 9.17) is 16.7 Å². The van der Waals surface area contributed by atoms with E-state index in [0.717, 1.165) is 24.3 Å². The molecule has 0 saturated heterocycles. The fourth-order valence-corrected chi connectivity index (χ4v) is 3.45. The molecular weight excluding hydrogens is 316 g/mol. The Hall–Kier alpha value is -1.31. The molecule has 1 N–H and O–H groups in total. The molecule has 0 aromatic heterocycles. The maximum Gasteiger partial charge on any atom is 0.0431 e. The predicted molar refractivity (Wildman–Crippen MR) is 105 cm³/mol. The van der Waals surface area contributed by atoms with Crippen LogP contribution in [0.25, 0.3) is 11.1 Å². The molecule has 0 fully saturated rings. The number of aryl methyl sites for hydroxylation is 2. The van der Waals surface area contributed by atoms with E-state index in [1.54, 1.807) is 0 Å². The van der Waals surface area contributed by atoms with Crippen molar-refractivity contribution in [1.29, 1.82) is 0 Å². The molecule has 0 aliphatic heterocycles. The smallest absolute Gasteiger partial charge is 0.0431 e. The predicted octanol–water partition coefficient (Wildman–Crippen LogP) is 6.50. The number of hydrogen-bond donors (Lipinski definition) is 1. The van der Waals surface area contributed by atoms with Gasteiger partial charge < -0.3 is 5.11 Å². The van der Waals surface area contributed by atoms with Crippen LogP contribution in [0.15, 0.2) is 36.4 Å². The second-order valence-electron chi connectivity index (χ2n) is 6.65. The Labute approximate surface area is 151 Å². The number of rotatable bonds is 9. The van der Waals surface area contributed by atoms with Crippen molar-refractivity contribution in [1.82, 2.24) is 0 Å². The summed E-state index contributed by atoms with van der Waals surface area (Å²) in [6.07, 6.45) is 8.17. The van der Waals surface area contributed by atoms with Crippen molar-refractivity contribution in [3.63, 3.8) is 0 Å². The third kappa shape index (κ3) is 5.36. The largest absolute Gasteiger partial charge is 0.396 e. The number of aliphatic hydroxyl groups is 1. The van der Waals surface area contributed by atoms with Gasteiger partial charge in [0.2, 0.25) is 0 Å². The fourth-order valence-electron chi connectivity index (χ4n) is 3.26.